The lowest BCUT2D eigenvalue weighted by Gasteiger charge is -2.12. The van der Waals surface area contributed by atoms with Crippen LogP contribution in [-0.4, -0.2) is 22.4 Å². The van der Waals surface area contributed by atoms with Crippen molar-refractivity contribution >= 4 is 6.47 Å². The van der Waals surface area contributed by atoms with Crippen LogP contribution in [0.4, 0.5) is 8.78 Å². The van der Waals surface area contributed by atoms with Crippen LogP contribution in [0.25, 0.3) is 5.69 Å². The van der Waals surface area contributed by atoms with Gasteiger partial charge in [-0.05, 0) is 49.2 Å². The van der Waals surface area contributed by atoms with Crippen LogP contribution in [0.3, 0.4) is 0 Å². The molecule has 1 heterocycles. The molecule has 5 nitrogen and oxygen atoms in total. The first kappa shape index (κ1) is 18.2. The molecule has 0 saturated heterocycles. The standard InChI is InChI=1S/C21H18F2N2O3/c1-13-7-16(25(24-13)15-5-3-2-4-6-15)11-27-21-18(22)8-14(9-19(21)23)17-10-20(17)28-12-26/h2-9,12,17,20H,10-11H2,1H3. The molecule has 1 aliphatic carbocycles. The van der Waals surface area contributed by atoms with Crippen LogP contribution in [0.2, 0.25) is 0 Å². The Hall–Kier alpha value is -3.22. The van der Waals surface area contributed by atoms with Gasteiger partial charge in [-0.15, -0.1) is 0 Å². The summed E-state index contributed by atoms with van der Waals surface area (Å²) in [7, 11) is 0. The van der Waals surface area contributed by atoms with Gasteiger partial charge in [-0.25, -0.2) is 13.5 Å². The highest BCUT2D eigenvalue weighted by molar-refractivity contribution is 5.41. The number of halogens is 2. The van der Waals surface area contributed by atoms with Crippen molar-refractivity contribution in [2.75, 3.05) is 0 Å². The summed E-state index contributed by atoms with van der Waals surface area (Å²) in [4.78, 5) is 10.4. The number of hydrogen-bond acceptors (Lipinski definition) is 4. The second kappa shape index (κ2) is 7.42. The maximum Gasteiger partial charge on any atom is 0.293 e. The van der Waals surface area contributed by atoms with E-state index in [9.17, 15) is 13.6 Å². The van der Waals surface area contributed by atoms with E-state index in [2.05, 4.69) is 5.10 Å². The Morgan fingerprint density at radius 3 is 2.57 bits per heavy atom. The zero-order valence-corrected chi connectivity index (χ0v) is 15.1. The number of hydrogen-bond donors (Lipinski definition) is 0. The molecule has 0 N–H and O–H groups in total. The molecule has 1 saturated carbocycles. The van der Waals surface area contributed by atoms with Crippen LogP contribution in [0, 0.1) is 18.6 Å². The molecule has 0 radical (unpaired) electrons. The van der Waals surface area contributed by atoms with E-state index in [1.165, 1.54) is 12.1 Å². The van der Waals surface area contributed by atoms with Crippen LogP contribution < -0.4 is 4.74 Å². The lowest BCUT2D eigenvalue weighted by Crippen LogP contribution is -2.07. The Kier molecular flexibility index (Phi) is 4.81. The molecule has 144 valence electrons. The predicted octanol–water partition coefficient (Wildman–Crippen LogP) is 4.07. The lowest BCUT2D eigenvalue weighted by atomic mass is 10.1. The summed E-state index contributed by atoms with van der Waals surface area (Å²) in [6.45, 7) is 2.16. The van der Waals surface area contributed by atoms with Gasteiger partial charge in [0.05, 0.1) is 17.1 Å². The molecule has 0 spiro atoms. The Bertz CT molecular complexity index is 981. The fraction of sp³-hybridized carbons (Fsp3) is 0.238. The number of carbonyl (C=O) groups is 1. The van der Waals surface area contributed by atoms with Crippen molar-refractivity contribution in [2.24, 2.45) is 0 Å². The minimum absolute atomic E-state index is 0.0385. The van der Waals surface area contributed by atoms with Crippen molar-refractivity contribution in [1.82, 2.24) is 9.78 Å². The second-order valence-electron chi connectivity index (χ2n) is 6.74. The molecule has 1 aliphatic rings. The van der Waals surface area contributed by atoms with Crippen molar-refractivity contribution in [3.8, 4) is 11.4 Å². The molecule has 1 fully saturated rings. The molecular formula is C21H18F2N2O3. The molecule has 28 heavy (non-hydrogen) atoms. The summed E-state index contributed by atoms with van der Waals surface area (Å²) < 4.78 is 40.9. The summed E-state index contributed by atoms with van der Waals surface area (Å²) in [5.41, 5.74) is 2.74. The van der Waals surface area contributed by atoms with Gasteiger partial charge < -0.3 is 9.47 Å². The van der Waals surface area contributed by atoms with Crippen LogP contribution in [0.15, 0.2) is 48.5 Å². The topological polar surface area (TPSA) is 53.4 Å². The number of para-hydroxylation sites is 1. The summed E-state index contributed by atoms with van der Waals surface area (Å²) >= 11 is 0. The monoisotopic (exact) mass is 384 g/mol. The van der Waals surface area contributed by atoms with Gasteiger partial charge in [0.2, 0.25) is 0 Å². The second-order valence-corrected chi connectivity index (χ2v) is 6.74. The largest absolute Gasteiger partial charge is 0.481 e. The fourth-order valence-corrected chi connectivity index (χ4v) is 3.27. The van der Waals surface area contributed by atoms with Crippen molar-refractivity contribution in [2.45, 2.75) is 32.0 Å². The lowest BCUT2D eigenvalue weighted by molar-refractivity contribution is -0.129. The maximum atomic E-state index is 14.4. The van der Waals surface area contributed by atoms with Crippen LogP contribution in [0.5, 0.6) is 5.75 Å². The number of benzene rings is 2. The van der Waals surface area contributed by atoms with E-state index in [0.29, 0.717) is 24.2 Å². The van der Waals surface area contributed by atoms with Gasteiger partial charge in [0.15, 0.2) is 17.4 Å². The Labute approximate surface area is 160 Å². The molecule has 0 amide bonds. The minimum atomic E-state index is -0.783. The van der Waals surface area contributed by atoms with Gasteiger partial charge in [0.25, 0.3) is 6.47 Å². The number of ether oxygens (including phenoxy) is 2. The molecule has 0 bridgehead atoms. The average molecular weight is 384 g/mol. The van der Waals surface area contributed by atoms with Crippen molar-refractivity contribution < 1.29 is 23.0 Å². The molecule has 4 rings (SSSR count). The molecule has 1 aromatic heterocycles. The van der Waals surface area contributed by atoms with Gasteiger partial charge in [-0.1, -0.05) is 18.2 Å². The maximum absolute atomic E-state index is 14.4. The van der Waals surface area contributed by atoms with Crippen molar-refractivity contribution in [1.29, 1.82) is 0 Å². The van der Waals surface area contributed by atoms with E-state index in [1.807, 2.05) is 43.3 Å². The Morgan fingerprint density at radius 1 is 1.18 bits per heavy atom. The Balaban J connectivity index is 1.53. The zero-order chi connectivity index (χ0) is 19.7. The predicted molar refractivity (Wildman–Crippen MR) is 97.3 cm³/mol. The highest BCUT2D eigenvalue weighted by Crippen LogP contribution is 2.44. The normalized spacial score (nSPS) is 18.0. The van der Waals surface area contributed by atoms with E-state index < -0.39 is 17.4 Å². The highest BCUT2D eigenvalue weighted by atomic mass is 19.1. The van der Waals surface area contributed by atoms with Crippen molar-refractivity contribution in [3.05, 3.63) is 77.1 Å². The quantitative estimate of drug-likeness (QED) is 0.577. The van der Waals surface area contributed by atoms with E-state index >= 15 is 0 Å². The highest BCUT2D eigenvalue weighted by Gasteiger charge is 2.41. The van der Waals surface area contributed by atoms with Crippen LogP contribution in [0.1, 0.15) is 29.3 Å². The number of nitrogens with zero attached hydrogens (tertiary/aromatic N) is 2. The van der Waals surface area contributed by atoms with Crippen molar-refractivity contribution in [3.63, 3.8) is 0 Å². The first-order valence-electron chi connectivity index (χ1n) is 8.88. The molecule has 0 aliphatic heterocycles. The number of aromatic nitrogens is 2. The Morgan fingerprint density at radius 2 is 1.89 bits per heavy atom. The SMILES string of the molecule is Cc1cc(COc2c(F)cc(C3CC3OC=O)cc2F)n(-c2ccccc2)n1. The third-order valence-corrected chi connectivity index (χ3v) is 4.68. The average Bonchev–Trinajstić information content (AvgIpc) is 3.35. The molecule has 7 heteroatoms. The summed E-state index contributed by atoms with van der Waals surface area (Å²) in [5, 5.41) is 4.42. The molecule has 2 unspecified atom stereocenters. The third kappa shape index (κ3) is 3.60. The first-order valence-corrected chi connectivity index (χ1v) is 8.88. The molecule has 3 aromatic rings. The summed E-state index contributed by atoms with van der Waals surface area (Å²) in [6, 6.07) is 13.7. The van der Waals surface area contributed by atoms with Gasteiger partial charge in [-0.3, -0.25) is 4.79 Å². The number of rotatable bonds is 7. The smallest absolute Gasteiger partial charge is 0.293 e. The molecule has 2 aromatic carbocycles. The zero-order valence-electron chi connectivity index (χ0n) is 15.1. The van der Waals surface area contributed by atoms with Crippen LogP contribution >= 0.6 is 0 Å². The summed E-state index contributed by atoms with van der Waals surface area (Å²) in [6.07, 6.45) is 0.249. The van der Waals surface area contributed by atoms with E-state index in [-0.39, 0.29) is 18.6 Å². The van der Waals surface area contributed by atoms with Crippen LogP contribution in [-0.2, 0) is 16.1 Å². The van der Waals surface area contributed by atoms with Gasteiger partial charge in [0.1, 0.15) is 12.7 Å². The first-order chi connectivity index (χ1) is 13.6. The fourth-order valence-electron chi connectivity index (χ4n) is 3.27. The molecule has 2 atom stereocenters. The van der Waals surface area contributed by atoms with Gasteiger partial charge in [0, 0.05) is 5.92 Å². The van der Waals surface area contributed by atoms with E-state index in [0.717, 1.165) is 11.4 Å². The number of aryl methyl sites for hydroxylation is 1. The summed E-state index contributed by atoms with van der Waals surface area (Å²) in [5.74, 6) is -2.18. The van der Waals surface area contributed by atoms with Gasteiger partial charge in [-0.2, -0.15) is 5.10 Å². The van der Waals surface area contributed by atoms with Gasteiger partial charge >= 0.3 is 0 Å². The van der Waals surface area contributed by atoms with E-state index in [1.54, 1.807) is 4.68 Å². The molecular weight excluding hydrogens is 366 g/mol. The third-order valence-electron chi connectivity index (χ3n) is 4.68. The minimum Gasteiger partial charge on any atom is -0.481 e. The number of carbonyl (C=O) groups excluding carboxylic acids is 1. The van der Waals surface area contributed by atoms with E-state index in [4.69, 9.17) is 9.47 Å².